The smallest absolute Gasteiger partial charge is 0.334 e. The molecule has 4 aromatic rings. The zero-order chi connectivity index (χ0) is 29.9. The molecule has 1 atom stereocenters. The summed E-state index contributed by atoms with van der Waals surface area (Å²) in [5.41, 5.74) is 5.62. The molecule has 0 N–H and O–H groups in total. The summed E-state index contributed by atoms with van der Waals surface area (Å²) in [5.74, 6) is 0.539. The van der Waals surface area contributed by atoms with Crippen LogP contribution >= 0.6 is 0 Å². The number of carbonyl (C=O) groups is 1. The average Bonchev–Trinajstić information content (AvgIpc) is 3.21. The van der Waals surface area contributed by atoms with Crippen LogP contribution in [0, 0.1) is 5.92 Å². The number of aromatic nitrogens is 3. The quantitative estimate of drug-likeness (QED) is 0.254. The summed E-state index contributed by atoms with van der Waals surface area (Å²) in [6.45, 7) is 2.43. The summed E-state index contributed by atoms with van der Waals surface area (Å²) in [7, 11) is 3.57. The second-order valence-electron chi connectivity index (χ2n) is 11.5. The van der Waals surface area contributed by atoms with E-state index in [2.05, 4.69) is 30.1 Å². The number of carbonyl (C=O) groups excluding carboxylic acids is 1. The minimum Gasteiger partial charge on any atom is -0.497 e. The van der Waals surface area contributed by atoms with Gasteiger partial charge in [-0.3, -0.25) is 18.9 Å². The van der Waals surface area contributed by atoms with Gasteiger partial charge in [-0.25, -0.2) is 4.79 Å². The van der Waals surface area contributed by atoms with Gasteiger partial charge in [0.25, 0.3) is 0 Å². The standard InChI is InChI=1S/C36H38N4O3/c1-25-31(27-12-6-4-7-13-27)21-34-33(22-32(25)35(41)38(2)28-14-8-5-9-15-28)39(24-26-11-10-20-37-23-26)36(42)40(34)29-16-18-30(43-3)19-17-29/h4,6-7,10-13,16-23,25,28H,5,8-9,14-15,24H2,1-3H3/t25-/m1/s1. The first-order chi connectivity index (χ1) is 21.0. The topological polar surface area (TPSA) is 69.4 Å². The zero-order valence-corrected chi connectivity index (χ0v) is 25.1. The third-order valence-electron chi connectivity index (χ3n) is 8.92. The molecule has 2 aliphatic carbocycles. The van der Waals surface area contributed by atoms with Gasteiger partial charge >= 0.3 is 5.69 Å². The maximum absolute atomic E-state index is 14.4. The Morgan fingerprint density at radius 1 is 0.953 bits per heavy atom. The van der Waals surface area contributed by atoms with Crippen LogP contribution in [0.15, 0.2) is 89.5 Å². The fourth-order valence-electron chi connectivity index (χ4n) is 6.44. The molecule has 7 nitrogen and oxygen atoms in total. The van der Waals surface area contributed by atoms with Crippen molar-refractivity contribution in [3.05, 3.63) is 118 Å². The molecule has 0 aliphatic heterocycles. The minimum absolute atomic E-state index is 0.0201. The highest BCUT2D eigenvalue weighted by molar-refractivity contribution is 6.04. The maximum Gasteiger partial charge on any atom is 0.334 e. The van der Waals surface area contributed by atoms with Gasteiger partial charge in [0, 0.05) is 37.0 Å². The van der Waals surface area contributed by atoms with Crippen LogP contribution in [0.3, 0.4) is 0 Å². The van der Waals surface area contributed by atoms with E-state index in [1.54, 1.807) is 28.6 Å². The van der Waals surface area contributed by atoms with E-state index in [1.165, 1.54) is 6.42 Å². The van der Waals surface area contributed by atoms with E-state index >= 15 is 0 Å². The molecule has 1 saturated carbocycles. The molecule has 43 heavy (non-hydrogen) atoms. The molecule has 2 aliphatic rings. The third-order valence-corrected chi connectivity index (χ3v) is 8.92. The molecule has 2 aromatic heterocycles. The molecule has 220 valence electrons. The average molecular weight is 575 g/mol. The molecule has 0 unspecified atom stereocenters. The lowest BCUT2D eigenvalue weighted by molar-refractivity contribution is -0.128. The lowest BCUT2D eigenvalue weighted by atomic mass is 9.86. The number of hydrogen-bond acceptors (Lipinski definition) is 4. The molecule has 0 saturated heterocycles. The van der Waals surface area contributed by atoms with Crippen molar-refractivity contribution in [1.82, 2.24) is 19.0 Å². The number of pyridine rings is 1. The number of nitrogens with zero attached hydrogens (tertiary/aromatic N) is 4. The number of imidazole rings is 1. The van der Waals surface area contributed by atoms with Gasteiger partial charge < -0.3 is 9.64 Å². The summed E-state index contributed by atoms with van der Waals surface area (Å²) in [6.07, 6.45) is 13.1. The number of allylic oxidation sites excluding steroid dienone is 1. The predicted octanol–water partition coefficient (Wildman–Crippen LogP) is 6.46. The lowest BCUT2D eigenvalue weighted by Gasteiger charge is -2.33. The van der Waals surface area contributed by atoms with E-state index < -0.39 is 0 Å². The van der Waals surface area contributed by atoms with Crippen LogP contribution in [-0.2, 0) is 11.3 Å². The van der Waals surface area contributed by atoms with E-state index in [0.29, 0.717) is 23.6 Å². The fraction of sp³-hybridized carbons (Fsp3) is 0.306. The summed E-state index contributed by atoms with van der Waals surface area (Å²) in [6, 6.07) is 21.7. The van der Waals surface area contributed by atoms with Crippen LogP contribution in [0.4, 0.5) is 0 Å². The molecule has 6 rings (SSSR count). The van der Waals surface area contributed by atoms with Gasteiger partial charge in [0.15, 0.2) is 0 Å². The number of rotatable bonds is 7. The lowest BCUT2D eigenvalue weighted by Crippen LogP contribution is -2.40. The van der Waals surface area contributed by atoms with Crippen molar-refractivity contribution in [1.29, 1.82) is 0 Å². The second kappa shape index (κ2) is 12.3. The SMILES string of the molecule is COc1ccc(-n2c3c(n(Cc4cccnc4)c2=O)C=C(C(=O)N(C)C2CCCCC2)[C@H](C)C(c2ccccc2)=C3)cc1. The van der Waals surface area contributed by atoms with Crippen molar-refractivity contribution in [3.63, 3.8) is 0 Å². The molecule has 0 spiro atoms. The van der Waals surface area contributed by atoms with E-state index in [1.807, 2.05) is 72.6 Å². The largest absolute Gasteiger partial charge is 0.497 e. The summed E-state index contributed by atoms with van der Waals surface area (Å²) < 4.78 is 8.90. The Hall–Kier alpha value is -4.65. The number of benzene rings is 2. The van der Waals surface area contributed by atoms with Crippen molar-refractivity contribution in [2.45, 2.75) is 51.6 Å². The summed E-state index contributed by atoms with van der Waals surface area (Å²) >= 11 is 0. The molecule has 1 amide bonds. The second-order valence-corrected chi connectivity index (χ2v) is 11.5. The van der Waals surface area contributed by atoms with E-state index in [9.17, 15) is 9.59 Å². The number of ether oxygens (including phenoxy) is 1. The first-order valence-corrected chi connectivity index (χ1v) is 15.1. The number of likely N-dealkylation sites (N-methyl/N-ethyl adjacent to an activating group) is 1. The summed E-state index contributed by atoms with van der Waals surface area (Å²) in [4.78, 5) is 34.9. The number of fused-ring (bicyclic) bond motifs is 1. The molecule has 1 fully saturated rings. The Balaban J connectivity index is 1.59. The predicted molar refractivity (Wildman–Crippen MR) is 171 cm³/mol. The number of methoxy groups -OCH3 is 1. The Morgan fingerprint density at radius 2 is 1.70 bits per heavy atom. The van der Waals surface area contributed by atoms with Crippen molar-refractivity contribution >= 4 is 23.6 Å². The monoisotopic (exact) mass is 574 g/mol. The Morgan fingerprint density at radius 3 is 2.37 bits per heavy atom. The normalized spacial score (nSPS) is 17.0. The van der Waals surface area contributed by atoms with Crippen LogP contribution in [0.1, 0.15) is 61.5 Å². The van der Waals surface area contributed by atoms with E-state index in [0.717, 1.165) is 53.8 Å². The van der Waals surface area contributed by atoms with Crippen LogP contribution in [0.5, 0.6) is 5.75 Å². The van der Waals surface area contributed by atoms with Crippen molar-refractivity contribution < 1.29 is 9.53 Å². The Labute approximate surface area is 252 Å². The molecular formula is C36H38N4O3. The molecular weight excluding hydrogens is 536 g/mol. The van der Waals surface area contributed by atoms with Gasteiger partial charge in [-0.2, -0.15) is 0 Å². The van der Waals surface area contributed by atoms with Gasteiger partial charge in [0.05, 0.1) is 30.7 Å². The highest BCUT2D eigenvalue weighted by Gasteiger charge is 2.32. The molecule has 0 radical (unpaired) electrons. The van der Waals surface area contributed by atoms with Crippen molar-refractivity contribution in [2.75, 3.05) is 14.2 Å². The fourth-order valence-corrected chi connectivity index (χ4v) is 6.44. The highest BCUT2D eigenvalue weighted by Crippen LogP contribution is 2.38. The highest BCUT2D eigenvalue weighted by atomic mass is 16.5. The molecule has 2 heterocycles. The van der Waals surface area contributed by atoms with Gasteiger partial charge in [-0.15, -0.1) is 0 Å². The van der Waals surface area contributed by atoms with Crippen LogP contribution < -0.4 is 10.4 Å². The maximum atomic E-state index is 14.4. The Bertz CT molecular complexity index is 1710. The van der Waals surface area contributed by atoms with Crippen LogP contribution in [0.2, 0.25) is 0 Å². The molecule has 7 heteroatoms. The van der Waals surface area contributed by atoms with Gasteiger partial charge in [-0.1, -0.05) is 62.6 Å². The van der Waals surface area contributed by atoms with Crippen molar-refractivity contribution in [2.24, 2.45) is 5.92 Å². The minimum atomic E-state index is -0.195. The molecule has 0 bridgehead atoms. The third kappa shape index (κ3) is 5.59. The van der Waals surface area contributed by atoms with Crippen molar-refractivity contribution in [3.8, 4) is 11.4 Å². The zero-order valence-electron chi connectivity index (χ0n) is 25.1. The van der Waals surface area contributed by atoms with Gasteiger partial charge in [-0.05, 0) is 72.0 Å². The number of hydrogen-bond donors (Lipinski definition) is 0. The Kier molecular flexibility index (Phi) is 8.14. The van der Waals surface area contributed by atoms with Gasteiger partial charge in [0.2, 0.25) is 5.91 Å². The van der Waals surface area contributed by atoms with E-state index in [4.69, 9.17) is 4.74 Å². The van der Waals surface area contributed by atoms with Gasteiger partial charge in [0.1, 0.15) is 5.75 Å². The van der Waals surface area contributed by atoms with E-state index in [-0.39, 0.29) is 23.6 Å². The first-order valence-electron chi connectivity index (χ1n) is 15.1. The summed E-state index contributed by atoms with van der Waals surface area (Å²) in [5, 5.41) is 0. The van der Waals surface area contributed by atoms with Crippen LogP contribution in [0.25, 0.3) is 23.4 Å². The number of amides is 1. The first kappa shape index (κ1) is 28.5. The molecule has 2 aromatic carbocycles. The van der Waals surface area contributed by atoms with Crippen LogP contribution in [-0.4, -0.2) is 45.1 Å².